The summed E-state index contributed by atoms with van der Waals surface area (Å²) in [5.74, 6) is 0.0298. The van der Waals surface area contributed by atoms with Gasteiger partial charge in [-0.05, 0) is 61.7 Å². The molecule has 1 aliphatic rings. The predicted molar refractivity (Wildman–Crippen MR) is 120 cm³/mol. The molecule has 3 rings (SSSR count). The third-order valence-corrected chi connectivity index (χ3v) is 5.16. The van der Waals surface area contributed by atoms with Gasteiger partial charge in [-0.15, -0.1) is 0 Å². The van der Waals surface area contributed by atoms with Crippen molar-refractivity contribution in [1.82, 2.24) is 5.32 Å². The number of rotatable bonds is 8. The zero-order valence-electron chi connectivity index (χ0n) is 18.2. The number of nitrogens with one attached hydrogen (secondary N) is 2. The normalized spacial score (nSPS) is 14.5. The summed E-state index contributed by atoms with van der Waals surface area (Å²) < 4.78 is 5.40. The Morgan fingerprint density at radius 2 is 1.87 bits per heavy atom. The van der Waals surface area contributed by atoms with Crippen molar-refractivity contribution in [3.8, 4) is 5.75 Å². The van der Waals surface area contributed by atoms with E-state index in [1.54, 1.807) is 47.4 Å². The van der Waals surface area contributed by atoms with Crippen molar-refractivity contribution in [1.29, 1.82) is 0 Å². The summed E-state index contributed by atoms with van der Waals surface area (Å²) in [7, 11) is 0. The molecule has 1 saturated heterocycles. The van der Waals surface area contributed by atoms with E-state index >= 15 is 0 Å². The van der Waals surface area contributed by atoms with Crippen molar-refractivity contribution >= 4 is 29.1 Å². The van der Waals surface area contributed by atoms with Crippen LogP contribution in [0.3, 0.4) is 0 Å². The van der Waals surface area contributed by atoms with Gasteiger partial charge in [0.2, 0.25) is 11.8 Å². The van der Waals surface area contributed by atoms with Gasteiger partial charge in [-0.3, -0.25) is 14.4 Å². The lowest BCUT2D eigenvalue weighted by Crippen LogP contribution is -2.47. The standard InChI is InChI=1S/C24H29N3O4/c1-4-31-20-12-10-17(11-13-20)23(29)26-22(16(2)3)24(30)25-18-7-5-8-19(15-18)27-14-6-9-21(27)28/h5,7-8,10-13,15-16,22H,4,6,9,14H2,1-3H3,(H,25,30)(H,26,29)/t22-/m0/s1. The number of anilines is 2. The Bertz CT molecular complexity index is 940. The van der Waals surface area contributed by atoms with Crippen molar-refractivity contribution in [2.75, 3.05) is 23.4 Å². The second kappa shape index (κ2) is 10.1. The van der Waals surface area contributed by atoms with Crippen LogP contribution in [0.4, 0.5) is 11.4 Å². The van der Waals surface area contributed by atoms with E-state index in [4.69, 9.17) is 4.74 Å². The molecule has 3 amide bonds. The number of nitrogens with zero attached hydrogens (tertiary/aromatic N) is 1. The first-order valence-electron chi connectivity index (χ1n) is 10.6. The van der Waals surface area contributed by atoms with Gasteiger partial charge in [-0.2, -0.15) is 0 Å². The maximum atomic E-state index is 12.9. The van der Waals surface area contributed by atoms with Crippen LogP contribution in [-0.2, 0) is 9.59 Å². The first-order chi connectivity index (χ1) is 14.9. The topological polar surface area (TPSA) is 87.7 Å². The molecule has 1 heterocycles. The quantitative estimate of drug-likeness (QED) is 0.679. The summed E-state index contributed by atoms with van der Waals surface area (Å²) in [5, 5.41) is 5.70. The molecule has 1 fully saturated rings. The molecule has 2 aromatic carbocycles. The smallest absolute Gasteiger partial charge is 0.251 e. The minimum Gasteiger partial charge on any atom is -0.494 e. The Labute approximate surface area is 182 Å². The molecular weight excluding hydrogens is 394 g/mol. The van der Waals surface area contributed by atoms with Crippen molar-refractivity contribution in [3.05, 3.63) is 54.1 Å². The van der Waals surface area contributed by atoms with Gasteiger partial charge in [0, 0.05) is 29.9 Å². The lowest BCUT2D eigenvalue weighted by atomic mass is 10.0. The number of benzene rings is 2. The third kappa shape index (κ3) is 5.63. The minimum atomic E-state index is -0.712. The highest BCUT2D eigenvalue weighted by Gasteiger charge is 2.26. The average Bonchev–Trinajstić information content (AvgIpc) is 3.18. The number of hydrogen-bond acceptors (Lipinski definition) is 4. The van der Waals surface area contributed by atoms with Crippen LogP contribution in [0, 0.1) is 5.92 Å². The largest absolute Gasteiger partial charge is 0.494 e. The highest BCUT2D eigenvalue weighted by Crippen LogP contribution is 2.24. The summed E-state index contributed by atoms with van der Waals surface area (Å²) in [6.07, 6.45) is 1.38. The molecule has 0 aromatic heterocycles. The highest BCUT2D eigenvalue weighted by atomic mass is 16.5. The molecule has 2 N–H and O–H groups in total. The van der Waals surface area contributed by atoms with Gasteiger partial charge in [0.05, 0.1) is 6.61 Å². The highest BCUT2D eigenvalue weighted by molar-refractivity contribution is 6.02. The van der Waals surface area contributed by atoms with Gasteiger partial charge >= 0.3 is 0 Å². The van der Waals surface area contributed by atoms with Crippen molar-refractivity contribution in [2.45, 2.75) is 39.7 Å². The van der Waals surface area contributed by atoms with E-state index in [-0.39, 0.29) is 23.6 Å². The van der Waals surface area contributed by atoms with Crippen molar-refractivity contribution in [2.24, 2.45) is 5.92 Å². The molecule has 7 nitrogen and oxygen atoms in total. The minimum absolute atomic E-state index is 0.0890. The van der Waals surface area contributed by atoms with E-state index in [0.717, 1.165) is 12.1 Å². The lowest BCUT2D eigenvalue weighted by Gasteiger charge is -2.22. The molecule has 0 aliphatic carbocycles. The predicted octanol–water partition coefficient (Wildman–Crippen LogP) is 3.61. The fourth-order valence-electron chi connectivity index (χ4n) is 3.52. The molecule has 31 heavy (non-hydrogen) atoms. The van der Waals surface area contributed by atoms with Crippen LogP contribution >= 0.6 is 0 Å². The maximum absolute atomic E-state index is 12.9. The molecule has 0 spiro atoms. The van der Waals surface area contributed by atoms with E-state index in [2.05, 4.69) is 10.6 Å². The molecular formula is C24H29N3O4. The Morgan fingerprint density at radius 1 is 1.13 bits per heavy atom. The number of carbonyl (C=O) groups excluding carboxylic acids is 3. The fraction of sp³-hybridized carbons (Fsp3) is 0.375. The van der Waals surface area contributed by atoms with E-state index in [0.29, 0.717) is 36.6 Å². The monoisotopic (exact) mass is 423 g/mol. The summed E-state index contributed by atoms with van der Waals surface area (Å²) in [4.78, 5) is 39.3. The lowest BCUT2D eigenvalue weighted by molar-refractivity contribution is -0.119. The fourth-order valence-corrected chi connectivity index (χ4v) is 3.52. The average molecular weight is 424 g/mol. The number of amides is 3. The van der Waals surface area contributed by atoms with Crippen LogP contribution in [0.15, 0.2) is 48.5 Å². The van der Waals surface area contributed by atoms with Crippen molar-refractivity contribution in [3.63, 3.8) is 0 Å². The zero-order chi connectivity index (χ0) is 22.4. The Hall–Kier alpha value is -3.35. The van der Waals surface area contributed by atoms with Crippen LogP contribution in [0.2, 0.25) is 0 Å². The molecule has 0 saturated carbocycles. The molecule has 0 unspecified atom stereocenters. The summed E-state index contributed by atoms with van der Waals surface area (Å²) >= 11 is 0. The zero-order valence-corrected chi connectivity index (χ0v) is 18.2. The van der Waals surface area contributed by atoms with Gasteiger partial charge in [0.1, 0.15) is 11.8 Å². The Balaban J connectivity index is 1.68. The first kappa shape index (κ1) is 22.3. The molecule has 164 valence electrons. The molecule has 1 aliphatic heterocycles. The summed E-state index contributed by atoms with van der Waals surface area (Å²) in [6.45, 7) is 6.88. The van der Waals surface area contributed by atoms with Gasteiger partial charge in [0.25, 0.3) is 5.91 Å². The molecule has 0 bridgehead atoms. The Kier molecular flexibility index (Phi) is 7.28. The van der Waals surface area contributed by atoms with Gasteiger partial charge < -0.3 is 20.3 Å². The van der Waals surface area contributed by atoms with Crippen LogP contribution in [0.5, 0.6) is 5.75 Å². The number of ether oxygens (including phenoxy) is 1. The molecule has 0 radical (unpaired) electrons. The van der Waals surface area contributed by atoms with Gasteiger partial charge in [-0.25, -0.2) is 0 Å². The summed E-state index contributed by atoms with van der Waals surface area (Å²) in [6, 6.07) is 13.3. The van der Waals surface area contributed by atoms with Crippen LogP contribution in [0.1, 0.15) is 44.0 Å². The Morgan fingerprint density at radius 3 is 2.48 bits per heavy atom. The molecule has 1 atom stereocenters. The van der Waals surface area contributed by atoms with Crippen LogP contribution < -0.4 is 20.3 Å². The van der Waals surface area contributed by atoms with Gasteiger partial charge in [-0.1, -0.05) is 19.9 Å². The van der Waals surface area contributed by atoms with E-state index in [1.165, 1.54) is 0 Å². The summed E-state index contributed by atoms with van der Waals surface area (Å²) in [5.41, 5.74) is 1.81. The van der Waals surface area contributed by atoms with E-state index < -0.39 is 6.04 Å². The van der Waals surface area contributed by atoms with Gasteiger partial charge in [0.15, 0.2) is 0 Å². The SMILES string of the molecule is CCOc1ccc(C(=O)N[C@H](C(=O)Nc2cccc(N3CCCC3=O)c2)C(C)C)cc1. The molecule has 7 heteroatoms. The second-order valence-electron chi connectivity index (χ2n) is 7.84. The second-order valence-corrected chi connectivity index (χ2v) is 7.84. The first-order valence-corrected chi connectivity index (χ1v) is 10.6. The van der Waals surface area contributed by atoms with Crippen LogP contribution in [-0.4, -0.2) is 36.9 Å². The van der Waals surface area contributed by atoms with Crippen molar-refractivity contribution < 1.29 is 19.1 Å². The van der Waals surface area contributed by atoms with E-state index in [1.807, 2.05) is 26.8 Å². The van der Waals surface area contributed by atoms with E-state index in [9.17, 15) is 14.4 Å². The third-order valence-electron chi connectivity index (χ3n) is 5.16. The number of hydrogen-bond donors (Lipinski definition) is 2. The van der Waals surface area contributed by atoms with Crippen LogP contribution in [0.25, 0.3) is 0 Å². The number of carbonyl (C=O) groups is 3. The molecule has 2 aromatic rings. The maximum Gasteiger partial charge on any atom is 0.251 e.